The molecular weight excluding hydrogens is 150 g/mol. The van der Waals surface area contributed by atoms with Gasteiger partial charge in [0.1, 0.15) is 0 Å². The van der Waals surface area contributed by atoms with Crippen molar-refractivity contribution in [2.24, 2.45) is 0 Å². The molecule has 0 radical (unpaired) electrons. The molecule has 0 bridgehead atoms. The van der Waals surface area contributed by atoms with Crippen molar-refractivity contribution in [2.75, 3.05) is 0 Å². The topological polar surface area (TPSA) is 41.6 Å². The summed E-state index contributed by atoms with van der Waals surface area (Å²) in [5.41, 5.74) is 2.13. The van der Waals surface area contributed by atoms with Gasteiger partial charge in [-0.25, -0.2) is 0 Å². The highest BCUT2D eigenvalue weighted by Gasteiger charge is 2.06. The van der Waals surface area contributed by atoms with Crippen LogP contribution in [0.3, 0.4) is 0 Å². The Labute approximate surface area is 70.8 Å². The number of nitrogens with zero attached hydrogens (tertiary/aromatic N) is 2. The van der Waals surface area contributed by atoms with E-state index in [1.54, 1.807) is 0 Å². The first kappa shape index (κ1) is 7.28. The van der Waals surface area contributed by atoms with Gasteiger partial charge < -0.3 is 4.98 Å². The van der Waals surface area contributed by atoms with Crippen LogP contribution in [0.1, 0.15) is 25.3 Å². The van der Waals surface area contributed by atoms with E-state index in [-0.39, 0.29) is 0 Å². The highest BCUT2D eigenvalue weighted by molar-refractivity contribution is 5.78. The number of hydrogen-bond acceptors (Lipinski definition) is 2. The molecule has 0 aliphatic heterocycles. The molecule has 0 atom stereocenters. The molecule has 0 unspecified atom stereocenters. The number of fused-ring (bicyclic) bond motifs is 1. The molecule has 0 aromatic carbocycles. The zero-order chi connectivity index (χ0) is 8.55. The van der Waals surface area contributed by atoms with Gasteiger partial charge in [-0.15, -0.1) is 5.10 Å². The standard InChI is InChI=1S/C9H11N3/c1-6(2)8-5-11-12-9-7(8)3-4-10-9/h3-6H,1-2H3,(H,10,12). The summed E-state index contributed by atoms with van der Waals surface area (Å²) >= 11 is 0. The number of H-pyrrole nitrogens is 1. The van der Waals surface area contributed by atoms with Crippen LogP contribution in [-0.2, 0) is 0 Å². The first-order valence-electron chi connectivity index (χ1n) is 4.07. The molecule has 0 aliphatic carbocycles. The highest BCUT2D eigenvalue weighted by Crippen LogP contribution is 2.21. The van der Waals surface area contributed by atoms with E-state index in [0.717, 1.165) is 5.65 Å². The van der Waals surface area contributed by atoms with Gasteiger partial charge in [0.15, 0.2) is 5.65 Å². The van der Waals surface area contributed by atoms with E-state index in [2.05, 4.69) is 29.0 Å². The largest absolute Gasteiger partial charge is 0.345 e. The van der Waals surface area contributed by atoms with Gasteiger partial charge in [0, 0.05) is 11.6 Å². The van der Waals surface area contributed by atoms with Crippen LogP contribution in [0.25, 0.3) is 11.0 Å². The van der Waals surface area contributed by atoms with Crippen molar-refractivity contribution in [1.29, 1.82) is 0 Å². The molecule has 2 aromatic heterocycles. The highest BCUT2D eigenvalue weighted by atomic mass is 15.1. The second kappa shape index (κ2) is 2.59. The minimum atomic E-state index is 0.499. The van der Waals surface area contributed by atoms with Crippen LogP contribution in [0.15, 0.2) is 18.5 Å². The maximum absolute atomic E-state index is 3.98. The van der Waals surface area contributed by atoms with Crippen LogP contribution in [0.2, 0.25) is 0 Å². The molecule has 2 aromatic rings. The lowest BCUT2D eigenvalue weighted by Gasteiger charge is -2.03. The lowest BCUT2D eigenvalue weighted by molar-refractivity contribution is 0.857. The van der Waals surface area contributed by atoms with Crippen LogP contribution in [-0.4, -0.2) is 15.2 Å². The molecule has 0 spiro atoms. The van der Waals surface area contributed by atoms with Gasteiger partial charge in [0.25, 0.3) is 0 Å². The predicted octanol–water partition coefficient (Wildman–Crippen LogP) is 2.08. The molecule has 12 heavy (non-hydrogen) atoms. The SMILES string of the molecule is CC(C)c1cnnc2[nH]ccc12. The lowest BCUT2D eigenvalue weighted by Crippen LogP contribution is -1.92. The van der Waals surface area contributed by atoms with E-state index < -0.39 is 0 Å². The fourth-order valence-corrected chi connectivity index (χ4v) is 1.35. The lowest BCUT2D eigenvalue weighted by atomic mass is 10.0. The molecule has 1 N–H and O–H groups in total. The zero-order valence-corrected chi connectivity index (χ0v) is 7.20. The molecular formula is C9H11N3. The molecule has 62 valence electrons. The van der Waals surface area contributed by atoms with Crippen LogP contribution in [0, 0.1) is 0 Å². The van der Waals surface area contributed by atoms with Gasteiger partial charge >= 0.3 is 0 Å². The maximum Gasteiger partial charge on any atom is 0.160 e. The van der Waals surface area contributed by atoms with Gasteiger partial charge in [-0.05, 0) is 17.5 Å². The summed E-state index contributed by atoms with van der Waals surface area (Å²) in [5.74, 6) is 0.499. The summed E-state index contributed by atoms with van der Waals surface area (Å²) in [6, 6.07) is 2.04. The van der Waals surface area contributed by atoms with Crippen molar-refractivity contribution in [3.05, 3.63) is 24.0 Å². The molecule has 3 nitrogen and oxygen atoms in total. The number of nitrogens with one attached hydrogen (secondary N) is 1. The average molecular weight is 161 g/mol. The fraction of sp³-hybridized carbons (Fsp3) is 0.333. The van der Waals surface area contributed by atoms with Gasteiger partial charge in [0.05, 0.1) is 6.20 Å². The third-order valence-electron chi connectivity index (χ3n) is 2.01. The molecule has 0 saturated carbocycles. The van der Waals surface area contributed by atoms with Crippen molar-refractivity contribution < 1.29 is 0 Å². The minimum Gasteiger partial charge on any atom is -0.345 e. The van der Waals surface area contributed by atoms with Gasteiger partial charge in [-0.3, -0.25) is 0 Å². The Morgan fingerprint density at radius 2 is 2.25 bits per heavy atom. The third kappa shape index (κ3) is 0.978. The van der Waals surface area contributed by atoms with Crippen LogP contribution < -0.4 is 0 Å². The normalized spacial score (nSPS) is 11.2. The first-order chi connectivity index (χ1) is 5.79. The summed E-state index contributed by atoms with van der Waals surface area (Å²) in [5, 5.41) is 9.08. The van der Waals surface area contributed by atoms with Crippen molar-refractivity contribution in [2.45, 2.75) is 19.8 Å². The van der Waals surface area contributed by atoms with Crippen LogP contribution >= 0.6 is 0 Å². The first-order valence-corrected chi connectivity index (χ1v) is 4.07. The minimum absolute atomic E-state index is 0.499. The number of rotatable bonds is 1. The van der Waals surface area contributed by atoms with Crippen molar-refractivity contribution in [3.63, 3.8) is 0 Å². The average Bonchev–Trinajstić information content (AvgIpc) is 2.49. The smallest absolute Gasteiger partial charge is 0.160 e. The molecule has 0 amide bonds. The fourth-order valence-electron chi connectivity index (χ4n) is 1.35. The second-order valence-electron chi connectivity index (χ2n) is 3.19. The molecule has 2 rings (SSSR count). The van der Waals surface area contributed by atoms with Crippen molar-refractivity contribution in [1.82, 2.24) is 15.2 Å². The summed E-state index contributed by atoms with van der Waals surface area (Å²) in [6.45, 7) is 4.31. The number of aromatic nitrogens is 3. The Morgan fingerprint density at radius 3 is 3.00 bits per heavy atom. The Morgan fingerprint density at radius 1 is 1.42 bits per heavy atom. The van der Waals surface area contributed by atoms with E-state index in [1.807, 2.05) is 18.5 Å². The molecule has 3 heteroatoms. The maximum atomic E-state index is 3.98. The molecule has 0 saturated heterocycles. The monoisotopic (exact) mass is 161 g/mol. The van der Waals surface area contributed by atoms with Crippen LogP contribution in [0.4, 0.5) is 0 Å². The van der Waals surface area contributed by atoms with E-state index >= 15 is 0 Å². The van der Waals surface area contributed by atoms with Gasteiger partial charge in [-0.2, -0.15) is 5.10 Å². The molecule has 2 heterocycles. The van der Waals surface area contributed by atoms with E-state index in [4.69, 9.17) is 0 Å². The third-order valence-corrected chi connectivity index (χ3v) is 2.01. The van der Waals surface area contributed by atoms with E-state index in [9.17, 15) is 0 Å². The molecule has 0 fully saturated rings. The summed E-state index contributed by atoms with van der Waals surface area (Å²) in [7, 11) is 0. The Bertz CT molecular complexity index is 389. The molecule has 0 aliphatic rings. The van der Waals surface area contributed by atoms with Gasteiger partial charge in [-0.1, -0.05) is 13.8 Å². The predicted molar refractivity (Wildman–Crippen MR) is 48.0 cm³/mol. The van der Waals surface area contributed by atoms with Crippen molar-refractivity contribution in [3.8, 4) is 0 Å². The summed E-state index contributed by atoms with van der Waals surface area (Å²) in [6.07, 6.45) is 3.73. The van der Waals surface area contributed by atoms with Crippen LogP contribution in [0.5, 0.6) is 0 Å². The second-order valence-corrected chi connectivity index (χ2v) is 3.19. The van der Waals surface area contributed by atoms with E-state index in [1.165, 1.54) is 10.9 Å². The number of aromatic amines is 1. The summed E-state index contributed by atoms with van der Waals surface area (Å²) < 4.78 is 0. The van der Waals surface area contributed by atoms with Gasteiger partial charge in [0.2, 0.25) is 0 Å². The Hall–Kier alpha value is -1.38. The summed E-state index contributed by atoms with van der Waals surface area (Å²) in [4.78, 5) is 3.04. The number of hydrogen-bond donors (Lipinski definition) is 1. The zero-order valence-electron chi connectivity index (χ0n) is 7.20. The Kier molecular flexibility index (Phi) is 1.57. The van der Waals surface area contributed by atoms with E-state index in [0.29, 0.717) is 5.92 Å². The van der Waals surface area contributed by atoms with Crippen molar-refractivity contribution >= 4 is 11.0 Å². The Balaban J connectivity index is 2.73. The quantitative estimate of drug-likeness (QED) is 0.695.